The van der Waals surface area contributed by atoms with Crippen LogP contribution in [0.1, 0.15) is 100 Å². The number of nitrogens with zero attached hydrogens (tertiary/aromatic N) is 1. The van der Waals surface area contributed by atoms with E-state index in [1.807, 2.05) is 13.8 Å². The largest absolute Gasteiger partial charge is 0.508 e. The summed E-state index contributed by atoms with van der Waals surface area (Å²) in [6, 6.07) is -3.44. The molecule has 0 aromatic heterocycles. The molecule has 0 saturated heterocycles. The monoisotopic (exact) mass is 994 g/mol. The van der Waals surface area contributed by atoms with Gasteiger partial charge in [-0.3, -0.25) is 38.4 Å². The molecule has 0 bridgehead atoms. The number of hydrogen-bond acceptors (Lipinski definition) is 13. The lowest BCUT2D eigenvalue weighted by atomic mass is 9.99. The van der Waals surface area contributed by atoms with Gasteiger partial charge in [0.2, 0.25) is 47.3 Å². The molecular weight excluding hydrogens is 915 g/mol. The highest BCUT2D eigenvalue weighted by atomic mass is 32.2. The molecule has 0 aliphatic carbocycles. The van der Waals surface area contributed by atoms with E-state index in [0.29, 0.717) is 11.3 Å². The van der Waals surface area contributed by atoms with Crippen molar-refractivity contribution in [2.45, 2.75) is 156 Å². The number of carbonyl (C=O) groups is 9. The summed E-state index contributed by atoms with van der Waals surface area (Å²) in [5.74, 6) is -7.45. The number of amides is 8. The van der Waals surface area contributed by atoms with Gasteiger partial charge in [0.05, 0.1) is 18.7 Å². The number of carbonyl (C=O) groups excluding carboxylic acids is 8. The topological polar surface area (TPSA) is 328 Å². The van der Waals surface area contributed by atoms with Gasteiger partial charge in [-0.25, -0.2) is 4.79 Å². The molecule has 12 N–H and O–H groups in total. The van der Waals surface area contributed by atoms with Gasteiger partial charge in [-0.2, -0.15) is 11.8 Å². The van der Waals surface area contributed by atoms with Gasteiger partial charge in [-0.05, 0) is 99.3 Å². The number of carboxylic acid groups (broad SMARTS) is 1. The van der Waals surface area contributed by atoms with Crippen LogP contribution < -0.4 is 43.0 Å². The number of nitrogens with one attached hydrogen (secondary N) is 7. The van der Waals surface area contributed by atoms with Gasteiger partial charge in [-0.15, -0.1) is 0 Å². The zero-order valence-electron chi connectivity index (χ0n) is 42.2. The van der Waals surface area contributed by atoms with E-state index < -0.39 is 120 Å². The zero-order valence-corrected chi connectivity index (χ0v) is 43.0. The second kappa shape index (κ2) is 30.2. The number of phenols is 1. The van der Waals surface area contributed by atoms with E-state index in [4.69, 9.17) is 5.73 Å². The van der Waals surface area contributed by atoms with Crippen LogP contribution in [0.25, 0.3) is 0 Å². The van der Waals surface area contributed by atoms with Crippen molar-refractivity contribution in [3.05, 3.63) is 29.8 Å². The Labute approximate surface area is 410 Å². The number of aliphatic hydroxyl groups is 1. The van der Waals surface area contributed by atoms with Gasteiger partial charge in [0.1, 0.15) is 48.0 Å². The summed E-state index contributed by atoms with van der Waals surface area (Å²) in [5.41, 5.74) is 6.82. The van der Waals surface area contributed by atoms with Crippen molar-refractivity contribution in [3.63, 3.8) is 0 Å². The lowest BCUT2D eigenvalue weighted by molar-refractivity contribution is -0.152. The SMILES string of the molecule is CSCC[C@H](NC(=O)[C@@H](NC(=O)[C@H](CC(C)C)NC(=O)[C@H](CC(C)C)NC(=O)CNC(=O)[C@H](C)NC(=O)[C@H](CC(C)C)NC(=O)[C@@H](N)Cc1ccc(O)cc1)[C@@H](C)O)C(=O)N(C)[C@H](C(=O)O)C(C)C. The summed E-state index contributed by atoms with van der Waals surface area (Å²) in [5, 5.41) is 48.0. The first-order valence-corrected chi connectivity index (χ1v) is 24.8. The van der Waals surface area contributed by atoms with Gasteiger partial charge >= 0.3 is 5.97 Å². The van der Waals surface area contributed by atoms with E-state index in [1.54, 1.807) is 59.9 Å². The van der Waals surface area contributed by atoms with Crippen molar-refractivity contribution in [2.24, 2.45) is 29.4 Å². The number of aromatic hydroxyl groups is 1. The highest BCUT2D eigenvalue weighted by Gasteiger charge is 2.37. The molecule has 1 aromatic carbocycles. The molecule has 0 heterocycles. The van der Waals surface area contributed by atoms with Crippen LogP contribution in [0.3, 0.4) is 0 Å². The quantitative estimate of drug-likeness (QED) is 0.0489. The van der Waals surface area contributed by atoms with E-state index in [1.165, 1.54) is 44.8 Å². The van der Waals surface area contributed by atoms with Gasteiger partial charge < -0.3 is 63.2 Å². The maximum absolute atomic E-state index is 13.9. The van der Waals surface area contributed by atoms with Crippen LogP contribution in [0.2, 0.25) is 0 Å². The van der Waals surface area contributed by atoms with Crippen molar-refractivity contribution in [1.82, 2.24) is 42.1 Å². The normalized spacial score (nSPS) is 15.3. The molecule has 0 aliphatic heterocycles. The molecular formula is C47H79N9O12S. The number of phenolic OH excluding ortho intramolecular Hbond substituents is 1. The first-order valence-electron chi connectivity index (χ1n) is 23.4. The minimum atomic E-state index is -1.60. The molecule has 8 amide bonds. The number of hydrogen-bond donors (Lipinski definition) is 11. The van der Waals surface area contributed by atoms with Crippen molar-refractivity contribution in [3.8, 4) is 5.75 Å². The lowest BCUT2D eigenvalue weighted by Gasteiger charge is -2.32. The highest BCUT2D eigenvalue weighted by molar-refractivity contribution is 7.98. The maximum atomic E-state index is 13.9. The van der Waals surface area contributed by atoms with Crippen molar-refractivity contribution in [1.29, 1.82) is 0 Å². The van der Waals surface area contributed by atoms with Crippen LogP contribution in [-0.4, -0.2) is 153 Å². The summed E-state index contributed by atoms with van der Waals surface area (Å²) in [4.78, 5) is 121. The number of thioether (sulfide) groups is 1. The molecule has 9 atom stereocenters. The van der Waals surface area contributed by atoms with Gasteiger partial charge in [0, 0.05) is 7.05 Å². The highest BCUT2D eigenvalue weighted by Crippen LogP contribution is 2.16. The molecule has 69 heavy (non-hydrogen) atoms. The Morgan fingerprint density at radius 2 is 1.10 bits per heavy atom. The molecule has 22 heteroatoms. The first-order chi connectivity index (χ1) is 32.1. The van der Waals surface area contributed by atoms with E-state index in [-0.39, 0.29) is 55.6 Å². The zero-order chi connectivity index (χ0) is 52.9. The molecule has 0 saturated carbocycles. The fourth-order valence-electron chi connectivity index (χ4n) is 7.28. The van der Waals surface area contributed by atoms with E-state index in [2.05, 4.69) is 37.2 Å². The molecule has 390 valence electrons. The Bertz CT molecular complexity index is 1880. The minimum absolute atomic E-state index is 0.0355. The minimum Gasteiger partial charge on any atom is -0.508 e. The fraction of sp³-hybridized carbons (Fsp3) is 0.681. The number of aliphatic carboxylic acids is 1. The number of aliphatic hydroxyl groups excluding tert-OH is 1. The Kier molecular flexibility index (Phi) is 26.9. The van der Waals surface area contributed by atoms with Gasteiger partial charge in [0.15, 0.2) is 0 Å². The number of nitrogens with two attached hydrogens (primary N) is 1. The second-order valence-corrected chi connectivity index (χ2v) is 20.1. The maximum Gasteiger partial charge on any atom is 0.326 e. The summed E-state index contributed by atoms with van der Waals surface area (Å²) in [6.07, 6.45) is 1.00. The number of likely N-dealkylation sites (N-methyl/N-ethyl adjacent to an activating group) is 1. The molecule has 21 nitrogen and oxygen atoms in total. The van der Waals surface area contributed by atoms with E-state index in [0.717, 1.165) is 4.90 Å². The Morgan fingerprint density at radius 3 is 1.57 bits per heavy atom. The van der Waals surface area contributed by atoms with Crippen LogP contribution >= 0.6 is 11.8 Å². The number of carboxylic acids is 1. The molecule has 1 rings (SSSR count). The Hall–Kier alpha value is -5.48. The summed E-state index contributed by atoms with van der Waals surface area (Å²) >= 11 is 1.39. The third-order valence-corrected chi connectivity index (χ3v) is 11.5. The number of rotatable bonds is 30. The van der Waals surface area contributed by atoms with Crippen LogP contribution in [0.15, 0.2) is 24.3 Å². The lowest BCUT2D eigenvalue weighted by Crippen LogP contribution is -2.61. The predicted octanol–water partition coefficient (Wildman–Crippen LogP) is 0.147. The van der Waals surface area contributed by atoms with E-state index >= 15 is 0 Å². The first kappa shape index (κ1) is 61.5. The third-order valence-electron chi connectivity index (χ3n) is 10.9. The summed E-state index contributed by atoms with van der Waals surface area (Å²) < 4.78 is 0. The standard InChI is InChI=1S/C47H79N9O12S/c1-24(2)19-34(51-37(59)23-49-40(60)28(9)50-42(62)35(20-25(3)4)53-41(61)32(48)22-30-13-15-31(58)16-14-30)43(63)54-36(21-26(5)6)44(64)55-38(29(10)57)45(65)52-33(17-18-69-12)46(66)56(11)39(27(7)8)47(67)68/h13-16,24-29,32-36,38-39,57-58H,17-23,48H2,1-12H3,(H,49,60)(H,50,62)(H,51,59)(H,52,65)(H,53,61)(H,54,63)(H,55,64)(H,67,68)/t28-,29+,32-,33-,34-,35-,36-,38-,39-/m0/s1. The molecule has 0 radical (unpaired) electrons. The average Bonchev–Trinajstić information content (AvgIpc) is 3.24. The van der Waals surface area contributed by atoms with Crippen LogP contribution in [0.5, 0.6) is 5.75 Å². The molecule has 0 spiro atoms. The number of benzene rings is 1. The Balaban J connectivity index is 3.09. The molecule has 0 fully saturated rings. The van der Waals surface area contributed by atoms with Gasteiger partial charge in [-0.1, -0.05) is 67.5 Å². The summed E-state index contributed by atoms with van der Waals surface area (Å²) in [7, 11) is 1.33. The molecule has 1 aromatic rings. The smallest absolute Gasteiger partial charge is 0.326 e. The Morgan fingerprint density at radius 1 is 0.638 bits per heavy atom. The second-order valence-electron chi connectivity index (χ2n) is 19.1. The third kappa shape index (κ3) is 22.2. The van der Waals surface area contributed by atoms with Crippen molar-refractivity contribution in [2.75, 3.05) is 25.6 Å². The summed E-state index contributed by atoms with van der Waals surface area (Å²) in [6.45, 7) is 16.3. The predicted molar refractivity (Wildman–Crippen MR) is 262 cm³/mol. The van der Waals surface area contributed by atoms with Crippen LogP contribution in [0.4, 0.5) is 0 Å². The van der Waals surface area contributed by atoms with Crippen LogP contribution in [-0.2, 0) is 49.6 Å². The van der Waals surface area contributed by atoms with Crippen molar-refractivity contribution >= 4 is 65.0 Å². The molecule has 0 unspecified atom stereocenters. The fourth-order valence-corrected chi connectivity index (χ4v) is 7.75. The van der Waals surface area contributed by atoms with Gasteiger partial charge in [0.25, 0.3) is 0 Å². The average molecular weight is 994 g/mol. The van der Waals surface area contributed by atoms with Crippen LogP contribution in [0, 0.1) is 23.7 Å². The van der Waals surface area contributed by atoms with Crippen molar-refractivity contribution < 1.29 is 58.5 Å². The molecule has 0 aliphatic rings. The van der Waals surface area contributed by atoms with E-state index in [9.17, 15) is 58.5 Å².